The van der Waals surface area contributed by atoms with Gasteiger partial charge in [0.25, 0.3) is 0 Å². The van der Waals surface area contributed by atoms with Crippen LogP contribution in [0.5, 0.6) is 0 Å². The normalized spacial score (nSPS) is 16.1. The Kier molecular flexibility index (Phi) is 15.2. The monoisotopic (exact) mass is 547 g/mol. The maximum Gasteiger partial charge on any atom is 0.191 e. The van der Waals surface area contributed by atoms with E-state index in [0.717, 1.165) is 58.1 Å². The molecule has 1 aromatic carbocycles. The molecular weight excluding hydrogens is 505 g/mol. The molecule has 1 fully saturated rings. The fraction of sp³-hybridized carbons (Fsp3) is 0.708. The fourth-order valence-corrected chi connectivity index (χ4v) is 3.54. The zero-order valence-electron chi connectivity index (χ0n) is 19.7. The van der Waals surface area contributed by atoms with Gasteiger partial charge in [0.1, 0.15) is 0 Å². The third-order valence-electron chi connectivity index (χ3n) is 5.26. The lowest BCUT2D eigenvalue weighted by molar-refractivity contribution is -0.0390. The molecule has 1 saturated heterocycles. The molecule has 1 unspecified atom stereocenters. The van der Waals surface area contributed by atoms with E-state index < -0.39 is 0 Å². The number of rotatable bonds is 12. The number of nitrogens with zero attached hydrogens (tertiary/aromatic N) is 1. The van der Waals surface area contributed by atoms with Crippen LogP contribution in [0.25, 0.3) is 0 Å². The van der Waals surface area contributed by atoms with E-state index in [1.807, 2.05) is 0 Å². The molecule has 1 atom stereocenters. The number of halogens is 1. The summed E-state index contributed by atoms with van der Waals surface area (Å²) < 4.78 is 17.3. The van der Waals surface area contributed by atoms with Gasteiger partial charge in [-0.15, -0.1) is 24.0 Å². The van der Waals surface area contributed by atoms with Crippen LogP contribution in [0.3, 0.4) is 0 Å². The summed E-state index contributed by atoms with van der Waals surface area (Å²) in [6, 6.07) is 8.52. The Balaban J connectivity index is 0.00000480. The molecule has 0 saturated carbocycles. The standard InChI is InChI=1S/C24H41N3O3.HI/c1-5-25-24(26-13-10-23(19(3)4)29-6-2)27-17-20-8-7-9-21(16-20)18-30-22-11-14-28-15-12-22;/h7-9,16,19,22-23H,5-6,10-15,17-18H2,1-4H3,(H2,25,26,27);1H. The molecule has 1 heterocycles. The number of benzene rings is 1. The van der Waals surface area contributed by atoms with Crippen LogP contribution in [0.2, 0.25) is 0 Å². The number of hydrogen-bond donors (Lipinski definition) is 2. The maximum absolute atomic E-state index is 6.05. The van der Waals surface area contributed by atoms with Crippen LogP contribution in [0.4, 0.5) is 0 Å². The van der Waals surface area contributed by atoms with Crippen LogP contribution in [-0.4, -0.2) is 51.1 Å². The van der Waals surface area contributed by atoms with E-state index in [4.69, 9.17) is 19.2 Å². The van der Waals surface area contributed by atoms with E-state index in [1.165, 1.54) is 11.1 Å². The minimum atomic E-state index is 0. The van der Waals surface area contributed by atoms with Gasteiger partial charge in [0, 0.05) is 32.9 Å². The summed E-state index contributed by atoms with van der Waals surface area (Å²) in [5, 5.41) is 6.77. The van der Waals surface area contributed by atoms with Crippen molar-refractivity contribution in [2.24, 2.45) is 10.9 Å². The molecule has 0 radical (unpaired) electrons. The Hall–Kier alpha value is -0.900. The minimum Gasteiger partial charge on any atom is -0.381 e. The van der Waals surface area contributed by atoms with E-state index >= 15 is 0 Å². The molecule has 6 nitrogen and oxygen atoms in total. The molecular formula is C24H42IN3O3. The molecule has 31 heavy (non-hydrogen) atoms. The van der Waals surface area contributed by atoms with E-state index in [-0.39, 0.29) is 30.1 Å². The Morgan fingerprint density at radius 1 is 1.16 bits per heavy atom. The Morgan fingerprint density at radius 3 is 2.58 bits per heavy atom. The van der Waals surface area contributed by atoms with Gasteiger partial charge in [-0.25, -0.2) is 4.99 Å². The van der Waals surface area contributed by atoms with Gasteiger partial charge in [-0.3, -0.25) is 0 Å². The second-order valence-corrected chi connectivity index (χ2v) is 8.09. The average molecular weight is 548 g/mol. The second kappa shape index (κ2) is 16.7. The minimum absolute atomic E-state index is 0. The van der Waals surface area contributed by atoms with E-state index in [2.05, 4.69) is 62.6 Å². The van der Waals surface area contributed by atoms with Crippen LogP contribution in [0.15, 0.2) is 29.3 Å². The molecule has 7 heteroatoms. The van der Waals surface area contributed by atoms with Gasteiger partial charge in [-0.2, -0.15) is 0 Å². The fourth-order valence-electron chi connectivity index (χ4n) is 3.54. The summed E-state index contributed by atoms with van der Waals surface area (Å²) in [7, 11) is 0. The summed E-state index contributed by atoms with van der Waals surface area (Å²) >= 11 is 0. The molecule has 2 rings (SSSR count). The highest BCUT2D eigenvalue weighted by molar-refractivity contribution is 14.0. The van der Waals surface area contributed by atoms with Gasteiger partial charge in [-0.1, -0.05) is 38.1 Å². The summed E-state index contributed by atoms with van der Waals surface area (Å²) in [6.07, 6.45) is 3.54. The lowest BCUT2D eigenvalue weighted by Gasteiger charge is -2.22. The third kappa shape index (κ3) is 11.5. The summed E-state index contributed by atoms with van der Waals surface area (Å²) in [5.41, 5.74) is 2.39. The highest BCUT2D eigenvalue weighted by Crippen LogP contribution is 2.15. The van der Waals surface area contributed by atoms with Crippen LogP contribution in [0, 0.1) is 5.92 Å². The molecule has 1 aromatic rings. The zero-order valence-corrected chi connectivity index (χ0v) is 22.0. The number of ether oxygens (including phenoxy) is 3. The predicted molar refractivity (Wildman–Crippen MR) is 138 cm³/mol. The highest BCUT2D eigenvalue weighted by atomic mass is 127. The molecule has 1 aliphatic heterocycles. The van der Waals surface area contributed by atoms with Gasteiger partial charge in [0.2, 0.25) is 0 Å². The van der Waals surface area contributed by atoms with Crippen molar-refractivity contribution in [3.63, 3.8) is 0 Å². The molecule has 1 aliphatic rings. The van der Waals surface area contributed by atoms with Gasteiger partial charge < -0.3 is 24.8 Å². The van der Waals surface area contributed by atoms with Crippen LogP contribution in [-0.2, 0) is 27.4 Å². The average Bonchev–Trinajstić information content (AvgIpc) is 2.76. The first-order chi connectivity index (χ1) is 14.6. The van der Waals surface area contributed by atoms with Crippen molar-refractivity contribution >= 4 is 29.9 Å². The van der Waals surface area contributed by atoms with Crippen molar-refractivity contribution in [3.8, 4) is 0 Å². The topological polar surface area (TPSA) is 64.1 Å². The summed E-state index contributed by atoms with van der Waals surface area (Å²) in [4.78, 5) is 4.76. The molecule has 0 bridgehead atoms. The number of hydrogen-bond acceptors (Lipinski definition) is 4. The van der Waals surface area contributed by atoms with Gasteiger partial charge in [0.05, 0.1) is 25.4 Å². The van der Waals surface area contributed by atoms with Crippen LogP contribution >= 0.6 is 24.0 Å². The quantitative estimate of drug-likeness (QED) is 0.229. The van der Waals surface area contributed by atoms with E-state index in [9.17, 15) is 0 Å². The number of aliphatic imine (C=N–C) groups is 1. The Bertz CT molecular complexity index is 622. The van der Waals surface area contributed by atoms with E-state index in [0.29, 0.717) is 25.2 Å². The summed E-state index contributed by atoms with van der Waals surface area (Å²) in [6.45, 7) is 13.9. The summed E-state index contributed by atoms with van der Waals surface area (Å²) in [5.74, 6) is 1.36. The first-order valence-corrected chi connectivity index (χ1v) is 11.5. The van der Waals surface area contributed by atoms with E-state index in [1.54, 1.807) is 0 Å². The first kappa shape index (κ1) is 28.1. The van der Waals surface area contributed by atoms with Crippen LogP contribution < -0.4 is 10.6 Å². The van der Waals surface area contributed by atoms with Crippen molar-refractivity contribution in [1.29, 1.82) is 0 Å². The number of nitrogens with one attached hydrogen (secondary N) is 2. The molecule has 0 aromatic heterocycles. The lowest BCUT2D eigenvalue weighted by atomic mass is 10.0. The SMILES string of the molecule is CCNC(=NCc1cccc(COC2CCOCC2)c1)NCCC(OCC)C(C)C.I. The Labute approximate surface area is 205 Å². The van der Waals surface area contributed by atoms with Crippen molar-refractivity contribution in [2.45, 2.75) is 72.3 Å². The Morgan fingerprint density at radius 2 is 1.90 bits per heavy atom. The molecule has 0 aliphatic carbocycles. The second-order valence-electron chi connectivity index (χ2n) is 8.09. The molecule has 0 spiro atoms. The highest BCUT2D eigenvalue weighted by Gasteiger charge is 2.14. The molecule has 0 amide bonds. The van der Waals surface area contributed by atoms with Gasteiger partial charge >= 0.3 is 0 Å². The van der Waals surface area contributed by atoms with Gasteiger partial charge in [0.15, 0.2) is 5.96 Å². The van der Waals surface area contributed by atoms with Crippen molar-refractivity contribution in [3.05, 3.63) is 35.4 Å². The van der Waals surface area contributed by atoms with Crippen molar-refractivity contribution in [2.75, 3.05) is 32.9 Å². The predicted octanol–water partition coefficient (Wildman–Crippen LogP) is 4.51. The lowest BCUT2D eigenvalue weighted by Crippen LogP contribution is -2.39. The first-order valence-electron chi connectivity index (χ1n) is 11.5. The van der Waals surface area contributed by atoms with Crippen LogP contribution in [0.1, 0.15) is 58.1 Å². The van der Waals surface area contributed by atoms with Crippen molar-refractivity contribution in [1.82, 2.24) is 10.6 Å². The molecule has 178 valence electrons. The largest absolute Gasteiger partial charge is 0.381 e. The zero-order chi connectivity index (χ0) is 21.6. The maximum atomic E-state index is 6.05. The third-order valence-corrected chi connectivity index (χ3v) is 5.26. The smallest absolute Gasteiger partial charge is 0.191 e. The van der Waals surface area contributed by atoms with Gasteiger partial charge in [-0.05, 0) is 50.2 Å². The number of guanidine groups is 1. The molecule has 2 N–H and O–H groups in total. The van der Waals surface area contributed by atoms with Crippen molar-refractivity contribution < 1.29 is 14.2 Å².